The highest BCUT2D eigenvalue weighted by atomic mass is 35.5. The predicted octanol–water partition coefficient (Wildman–Crippen LogP) is 3.69. The summed E-state index contributed by atoms with van der Waals surface area (Å²) >= 11 is 0. The standard InChI is InChI=1S/C18H25FN2O.ClH/c19-16-4-1-3-15(13-16)17-5-2-12-21(17)18(22)7-6-14-8-10-20-11-9-14;/h1,3-4,13-14,17,20H,2,5-12H2;1H. The van der Waals surface area contributed by atoms with E-state index in [4.69, 9.17) is 0 Å². The van der Waals surface area contributed by atoms with Gasteiger partial charge in [-0.25, -0.2) is 4.39 Å². The lowest BCUT2D eigenvalue weighted by Gasteiger charge is -2.27. The maximum atomic E-state index is 13.4. The maximum absolute atomic E-state index is 13.4. The van der Waals surface area contributed by atoms with Gasteiger partial charge in [0.2, 0.25) is 5.91 Å². The Hall–Kier alpha value is -1.13. The maximum Gasteiger partial charge on any atom is 0.223 e. The van der Waals surface area contributed by atoms with Crippen LogP contribution >= 0.6 is 12.4 Å². The van der Waals surface area contributed by atoms with Gasteiger partial charge in [-0.05, 0) is 68.8 Å². The zero-order chi connectivity index (χ0) is 15.4. The van der Waals surface area contributed by atoms with E-state index < -0.39 is 0 Å². The van der Waals surface area contributed by atoms with Crippen LogP contribution in [0.25, 0.3) is 0 Å². The highest BCUT2D eigenvalue weighted by Crippen LogP contribution is 2.33. The lowest BCUT2D eigenvalue weighted by molar-refractivity contribution is -0.132. The molecule has 5 heteroatoms. The Labute approximate surface area is 144 Å². The SMILES string of the molecule is Cl.O=C(CCC1CCNCC1)N1CCCC1c1cccc(F)c1. The second kappa shape index (κ2) is 8.65. The topological polar surface area (TPSA) is 32.3 Å². The molecule has 0 spiro atoms. The molecule has 2 heterocycles. The van der Waals surface area contributed by atoms with Crippen molar-refractivity contribution in [3.8, 4) is 0 Å². The molecule has 0 bridgehead atoms. The van der Waals surface area contributed by atoms with Crippen molar-refractivity contribution in [2.45, 2.75) is 44.6 Å². The number of piperidine rings is 1. The quantitative estimate of drug-likeness (QED) is 0.906. The van der Waals surface area contributed by atoms with Gasteiger partial charge in [-0.15, -0.1) is 12.4 Å². The Balaban J connectivity index is 0.00000192. The van der Waals surface area contributed by atoms with E-state index in [0.29, 0.717) is 12.3 Å². The van der Waals surface area contributed by atoms with Crippen LogP contribution in [0.2, 0.25) is 0 Å². The first kappa shape index (κ1) is 18.2. The summed E-state index contributed by atoms with van der Waals surface area (Å²) in [5.74, 6) is 0.706. The molecule has 0 aromatic heterocycles. The number of carbonyl (C=O) groups is 1. The number of benzene rings is 1. The van der Waals surface area contributed by atoms with Gasteiger partial charge in [0.25, 0.3) is 0 Å². The number of carbonyl (C=O) groups excluding carboxylic acids is 1. The average Bonchev–Trinajstić information content (AvgIpc) is 3.03. The van der Waals surface area contributed by atoms with E-state index in [0.717, 1.165) is 44.5 Å². The Bertz CT molecular complexity index is 519. The molecule has 0 radical (unpaired) electrons. The Morgan fingerprint density at radius 2 is 2.04 bits per heavy atom. The van der Waals surface area contributed by atoms with E-state index in [-0.39, 0.29) is 30.2 Å². The van der Waals surface area contributed by atoms with Crippen molar-refractivity contribution in [1.82, 2.24) is 10.2 Å². The first-order valence-electron chi connectivity index (χ1n) is 8.49. The fourth-order valence-corrected chi connectivity index (χ4v) is 3.77. The summed E-state index contributed by atoms with van der Waals surface area (Å²) in [4.78, 5) is 14.5. The van der Waals surface area contributed by atoms with Gasteiger partial charge >= 0.3 is 0 Å². The molecule has 1 amide bonds. The van der Waals surface area contributed by atoms with Crippen LogP contribution in [0.4, 0.5) is 4.39 Å². The summed E-state index contributed by atoms with van der Waals surface area (Å²) in [6.45, 7) is 2.97. The normalized spacial score (nSPS) is 22.0. The second-order valence-corrected chi connectivity index (χ2v) is 6.53. The van der Waals surface area contributed by atoms with Gasteiger partial charge < -0.3 is 10.2 Å². The fraction of sp³-hybridized carbons (Fsp3) is 0.611. The van der Waals surface area contributed by atoms with Crippen LogP contribution in [-0.4, -0.2) is 30.4 Å². The van der Waals surface area contributed by atoms with Crippen molar-refractivity contribution >= 4 is 18.3 Å². The first-order valence-corrected chi connectivity index (χ1v) is 8.49. The average molecular weight is 341 g/mol. The minimum atomic E-state index is -0.216. The summed E-state index contributed by atoms with van der Waals surface area (Å²) in [6.07, 6.45) is 5.95. The van der Waals surface area contributed by atoms with E-state index in [1.54, 1.807) is 12.1 Å². The molecule has 1 aromatic carbocycles. The van der Waals surface area contributed by atoms with Crippen LogP contribution in [0.3, 0.4) is 0 Å². The Morgan fingerprint density at radius 1 is 1.26 bits per heavy atom. The van der Waals surface area contributed by atoms with Gasteiger partial charge in [-0.3, -0.25) is 4.79 Å². The Kier molecular flexibility index (Phi) is 6.85. The third kappa shape index (κ3) is 4.67. The largest absolute Gasteiger partial charge is 0.336 e. The van der Waals surface area contributed by atoms with E-state index >= 15 is 0 Å². The molecule has 2 saturated heterocycles. The molecule has 128 valence electrons. The number of hydrogen-bond donors (Lipinski definition) is 1. The van der Waals surface area contributed by atoms with Gasteiger partial charge in [0.15, 0.2) is 0 Å². The highest BCUT2D eigenvalue weighted by Gasteiger charge is 2.30. The smallest absolute Gasteiger partial charge is 0.223 e. The van der Waals surface area contributed by atoms with Crippen LogP contribution in [0, 0.1) is 11.7 Å². The number of likely N-dealkylation sites (tertiary alicyclic amines) is 1. The van der Waals surface area contributed by atoms with E-state index in [1.807, 2.05) is 11.0 Å². The van der Waals surface area contributed by atoms with E-state index in [1.165, 1.54) is 18.9 Å². The van der Waals surface area contributed by atoms with Gasteiger partial charge in [0.05, 0.1) is 6.04 Å². The van der Waals surface area contributed by atoms with Gasteiger partial charge in [-0.1, -0.05) is 12.1 Å². The van der Waals surface area contributed by atoms with Crippen molar-refractivity contribution in [3.63, 3.8) is 0 Å². The zero-order valence-electron chi connectivity index (χ0n) is 13.5. The van der Waals surface area contributed by atoms with Crippen LogP contribution in [0.5, 0.6) is 0 Å². The summed E-state index contributed by atoms with van der Waals surface area (Å²) in [7, 11) is 0. The molecule has 1 atom stereocenters. The van der Waals surface area contributed by atoms with Gasteiger partial charge in [0, 0.05) is 13.0 Å². The zero-order valence-corrected chi connectivity index (χ0v) is 14.3. The molecule has 0 aliphatic carbocycles. The summed E-state index contributed by atoms with van der Waals surface area (Å²) < 4.78 is 13.4. The van der Waals surface area contributed by atoms with E-state index in [2.05, 4.69) is 5.32 Å². The van der Waals surface area contributed by atoms with Crippen LogP contribution in [0.1, 0.15) is 50.1 Å². The predicted molar refractivity (Wildman–Crippen MR) is 92.2 cm³/mol. The Morgan fingerprint density at radius 3 is 2.78 bits per heavy atom. The molecule has 3 nitrogen and oxygen atoms in total. The van der Waals surface area contributed by atoms with Crippen molar-refractivity contribution in [2.75, 3.05) is 19.6 Å². The third-order valence-corrected chi connectivity index (χ3v) is 5.03. The highest BCUT2D eigenvalue weighted by molar-refractivity contribution is 5.85. The lowest BCUT2D eigenvalue weighted by Crippen LogP contribution is -2.32. The van der Waals surface area contributed by atoms with E-state index in [9.17, 15) is 9.18 Å². The molecule has 2 aliphatic rings. The lowest BCUT2D eigenvalue weighted by atomic mass is 9.93. The molecule has 1 aromatic rings. The molecule has 1 unspecified atom stereocenters. The van der Waals surface area contributed by atoms with Crippen molar-refractivity contribution in [3.05, 3.63) is 35.6 Å². The summed E-state index contributed by atoms with van der Waals surface area (Å²) in [6, 6.07) is 6.77. The second-order valence-electron chi connectivity index (χ2n) is 6.53. The molecule has 23 heavy (non-hydrogen) atoms. The van der Waals surface area contributed by atoms with Crippen LogP contribution in [-0.2, 0) is 4.79 Å². The van der Waals surface area contributed by atoms with Crippen molar-refractivity contribution in [2.24, 2.45) is 5.92 Å². The summed E-state index contributed by atoms with van der Waals surface area (Å²) in [5, 5.41) is 3.36. The summed E-state index contributed by atoms with van der Waals surface area (Å²) in [5.41, 5.74) is 0.938. The molecular weight excluding hydrogens is 315 g/mol. The van der Waals surface area contributed by atoms with Gasteiger partial charge in [0.1, 0.15) is 5.82 Å². The molecule has 3 rings (SSSR count). The molecule has 2 aliphatic heterocycles. The fourth-order valence-electron chi connectivity index (χ4n) is 3.77. The number of hydrogen-bond acceptors (Lipinski definition) is 2. The number of nitrogens with zero attached hydrogens (tertiary/aromatic N) is 1. The molecular formula is C18H26ClFN2O. The molecule has 1 N–H and O–H groups in total. The number of nitrogens with one attached hydrogen (secondary N) is 1. The number of rotatable bonds is 4. The molecule has 2 fully saturated rings. The van der Waals surface area contributed by atoms with Crippen LogP contribution in [0.15, 0.2) is 24.3 Å². The minimum absolute atomic E-state index is 0. The molecule has 0 saturated carbocycles. The number of amides is 1. The number of halogens is 2. The van der Waals surface area contributed by atoms with Crippen molar-refractivity contribution < 1.29 is 9.18 Å². The van der Waals surface area contributed by atoms with Crippen molar-refractivity contribution in [1.29, 1.82) is 0 Å². The minimum Gasteiger partial charge on any atom is -0.336 e. The van der Waals surface area contributed by atoms with Gasteiger partial charge in [-0.2, -0.15) is 0 Å². The monoisotopic (exact) mass is 340 g/mol. The van der Waals surface area contributed by atoms with Crippen LogP contribution < -0.4 is 5.32 Å². The first-order chi connectivity index (χ1) is 10.7. The third-order valence-electron chi connectivity index (χ3n) is 5.03.